The summed E-state index contributed by atoms with van der Waals surface area (Å²) in [6.45, 7) is 0. The number of nitrogens with one attached hydrogen (secondary N) is 1. The van der Waals surface area contributed by atoms with Gasteiger partial charge in [-0.3, -0.25) is 10.1 Å². The van der Waals surface area contributed by atoms with Gasteiger partial charge < -0.3 is 10.5 Å². The number of nitrogens with zero attached hydrogens (tertiary/aromatic N) is 3. The number of nitrogen functional groups attached to an aromatic ring is 1. The van der Waals surface area contributed by atoms with E-state index in [9.17, 15) is 18.0 Å². The van der Waals surface area contributed by atoms with E-state index in [1.54, 1.807) is 0 Å². The third kappa shape index (κ3) is 4.03. The Morgan fingerprint density at radius 3 is 2.62 bits per heavy atom. The second kappa shape index (κ2) is 5.61. The summed E-state index contributed by atoms with van der Waals surface area (Å²) < 4.78 is 40.0. The van der Waals surface area contributed by atoms with Crippen molar-refractivity contribution in [3.63, 3.8) is 0 Å². The van der Waals surface area contributed by atoms with Crippen LogP contribution in [0.4, 0.5) is 24.8 Å². The predicted molar refractivity (Wildman–Crippen MR) is 65.3 cm³/mol. The standard InChI is InChI=1S/C11H8F3N5O2/c12-11(13,14)21-8-2-1-6(5-7(8)15)9(20)18-10-16-3-4-17-19-10/h1-5H,15H2,(H,16,18,19,20). The molecule has 1 aromatic carbocycles. The smallest absolute Gasteiger partial charge is 0.404 e. The molecule has 0 saturated carbocycles. The Labute approximate surface area is 116 Å². The summed E-state index contributed by atoms with van der Waals surface area (Å²) in [4.78, 5) is 15.5. The van der Waals surface area contributed by atoms with Crippen LogP contribution in [0.2, 0.25) is 0 Å². The van der Waals surface area contributed by atoms with Crippen molar-refractivity contribution in [2.75, 3.05) is 11.1 Å². The number of carbonyl (C=O) groups excluding carboxylic acids is 1. The quantitative estimate of drug-likeness (QED) is 0.834. The highest BCUT2D eigenvalue weighted by Gasteiger charge is 2.32. The molecule has 110 valence electrons. The zero-order valence-electron chi connectivity index (χ0n) is 10.3. The third-order valence-corrected chi connectivity index (χ3v) is 2.21. The summed E-state index contributed by atoms with van der Waals surface area (Å²) >= 11 is 0. The van der Waals surface area contributed by atoms with E-state index in [1.165, 1.54) is 12.4 Å². The van der Waals surface area contributed by atoms with Gasteiger partial charge in [-0.2, -0.15) is 5.10 Å². The number of benzene rings is 1. The van der Waals surface area contributed by atoms with Crippen LogP contribution in [0.3, 0.4) is 0 Å². The maximum atomic E-state index is 12.1. The number of hydrogen-bond acceptors (Lipinski definition) is 6. The molecule has 2 aromatic rings. The number of rotatable bonds is 3. The van der Waals surface area contributed by atoms with Crippen LogP contribution < -0.4 is 15.8 Å². The molecule has 1 amide bonds. The molecule has 21 heavy (non-hydrogen) atoms. The lowest BCUT2D eigenvalue weighted by Gasteiger charge is -2.11. The van der Waals surface area contributed by atoms with Gasteiger partial charge >= 0.3 is 6.36 Å². The topological polar surface area (TPSA) is 103 Å². The van der Waals surface area contributed by atoms with Crippen LogP contribution >= 0.6 is 0 Å². The number of ether oxygens (including phenoxy) is 1. The summed E-state index contributed by atoms with van der Waals surface area (Å²) in [6, 6.07) is 3.12. The van der Waals surface area contributed by atoms with Crippen LogP contribution in [0.1, 0.15) is 10.4 Å². The van der Waals surface area contributed by atoms with E-state index in [2.05, 4.69) is 25.2 Å². The lowest BCUT2D eigenvalue weighted by Crippen LogP contribution is -2.19. The number of amides is 1. The molecule has 3 N–H and O–H groups in total. The maximum absolute atomic E-state index is 12.1. The van der Waals surface area contributed by atoms with Crippen molar-refractivity contribution >= 4 is 17.5 Å². The lowest BCUT2D eigenvalue weighted by atomic mass is 10.2. The van der Waals surface area contributed by atoms with E-state index in [4.69, 9.17) is 5.73 Å². The van der Waals surface area contributed by atoms with Crippen molar-refractivity contribution in [1.29, 1.82) is 0 Å². The SMILES string of the molecule is Nc1cc(C(=O)Nc2nccnn2)ccc1OC(F)(F)F. The molecule has 1 heterocycles. The Morgan fingerprint density at radius 2 is 2.05 bits per heavy atom. The number of aromatic nitrogens is 3. The molecule has 0 saturated heterocycles. The molecule has 0 atom stereocenters. The van der Waals surface area contributed by atoms with Crippen molar-refractivity contribution in [2.45, 2.75) is 6.36 Å². The highest BCUT2D eigenvalue weighted by Crippen LogP contribution is 2.29. The van der Waals surface area contributed by atoms with Crippen molar-refractivity contribution in [1.82, 2.24) is 15.2 Å². The van der Waals surface area contributed by atoms with Crippen molar-refractivity contribution in [3.05, 3.63) is 36.2 Å². The molecule has 0 bridgehead atoms. The summed E-state index contributed by atoms with van der Waals surface area (Å²) in [5.41, 5.74) is 5.11. The highest BCUT2D eigenvalue weighted by atomic mass is 19.4. The number of carbonyl (C=O) groups is 1. The molecule has 0 aliphatic rings. The zero-order chi connectivity index (χ0) is 15.5. The molecule has 0 unspecified atom stereocenters. The van der Waals surface area contributed by atoms with E-state index >= 15 is 0 Å². The van der Waals surface area contributed by atoms with Gasteiger partial charge in [0, 0.05) is 5.56 Å². The van der Waals surface area contributed by atoms with Crippen molar-refractivity contribution < 1.29 is 22.7 Å². The number of halogens is 3. The molecule has 0 aliphatic carbocycles. The first kappa shape index (κ1) is 14.5. The highest BCUT2D eigenvalue weighted by molar-refractivity contribution is 6.04. The molecule has 0 fully saturated rings. The molecule has 0 spiro atoms. The molecule has 0 aliphatic heterocycles. The minimum atomic E-state index is -4.86. The molecular formula is C11H8F3N5O2. The van der Waals surface area contributed by atoms with Gasteiger partial charge in [0.15, 0.2) is 5.75 Å². The summed E-state index contributed by atoms with van der Waals surface area (Å²) in [7, 11) is 0. The molecule has 7 nitrogen and oxygen atoms in total. The Bertz CT molecular complexity index is 648. The summed E-state index contributed by atoms with van der Waals surface area (Å²) in [6.07, 6.45) is -2.23. The minimum absolute atomic E-state index is 0.0227. The number of hydrogen-bond donors (Lipinski definition) is 2. The fourth-order valence-corrected chi connectivity index (χ4v) is 1.39. The van der Waals surface area contributed by atoms with Gasteiger partial charge in [-0.1, -0.05) is 0 Å². The predicted octanol–water partition coefficient (Wildman–Crippen LogP) is 1.60. The lowest BCUT2D eigenvalue weighted by molar-refractivity contribution is -0.274. The molecule has 1 aromatic heterocycles. The Hall–Kier alpha value is -2.91. The van der Waals surface area contributed by atoms with Gasteiger partial charge in [0.1, 0.15) is 0 Å². The molecule has 10 heteroatoms. The van der Waals surface area contributed by atoms with E-state index in [-0.39, 0.29) is 17.2 Å². The van der Waals surface area contributed by atoms with Crippen molar-refractivity contribution in [2.24, 2.45) is 0 Å². The van der Waals surface area contributed by atoms with Gasteiger partial charge in [0.05, 0.1) is 18.1 Å². The molecular weight excluding hydrogens is 291 g/mol. The first-order valence-corrected chi connectivity index (χ1v) is 5.45. The number of alkyl halides is 3. The van der Waals surface area contributed by atoms with Crippen LogP contribution in [0.5, 0.6) is 5.75 Å². The zero-order valence-corrected chi connectivity index (χ0v) is 10.3. The molecule has 0 radical (unpaired) electrons. The van der Waals surface area contributed by atoms with Crippen LogP contribution in [-0.4, -0.2) is 27.5 Å². The van der Waals surface area contributed by atoms with Crippen molar-refractivity contribution in [3.8, 4) is 5.75 Å². The van der Waals surface area contributed by atoms with Crippen LogP contribution in [-0.2, 0) is 0 Å². The van der Waals surface area contributed by atoms with Gasteiger partial charge in [0.25, 0.3) is 5.91 Å². The first-order chi connectivity index (χ1) is 9.85. The number of nitrogens with two attached hydrogens (primary N) is 1. The fourth-order valence-electron chi connectivity index (χ4n) is 1.39. The van der Waals surface area contributed by atoms with E-state index in [0.717, 1.165) is 18.2 Å². The molecule has 2 rings (SSSR count). The van der Waals surface area contributed by atoms with E-state index in [1.807, 2.05) is 0 Å². The van der Waals surface area contributed by atoms with Crippen LogP contribution in [0, 0.1) is 0 Å². The first-order valence-electron chi connectivity index (χ1n) is 5.45. The Morgan fingerprint density at radius 1 is 1.29 bits per heavy atom. The van der Waals surface area contributed by atoms with E-state index in [0.29, 0.717) is 0 Å². The van der Waals surface area contributed by atoms with Gasteiger partial charge in [-0.05, 0) is 18.2 Å². The Balaban J connectivity index is 2.14. The number of anilines is 2. The van der Waals surface area contributed by atoms with Crippen LogP contribution in [0.25, 0.3) is 0 Å². The third-order valence-electron chi connectivity index (χ3n) is 2.21. The average molecular weight is 299 g/mol. The second-order valence-corrected chi connectivity index (χ2v) is 3.72. The average Bonchev–Trinajstić information content (AvgIpc) is 2.40. The summed E-state index contributed by atoms with van der Waals surface area (Å²) in [5.74, 6) is -1.28. The fraction of sp³-hybridized carbons (Fsp3) is 0.0909. The van der Waals surface area contributed by atoms with E-state index < -0.39 is 18.0 Å². The largest absolute Gasteiger partial charge is 0.573 e. The Kier molecular flexibility index (Phi) is 3.87. The van der Waals surface area contributed by atoms with Gasteiger partial charge in [-0.15, -0.1) is 18.3 Å². The normalized spacial score (nSPS) is 11.0. The summed E-state index contributed by atoms with van der Waals surface area (Å²) in [5, 5.41) is 9.35. The second-order valence-electron chi connectivity index (χ2n) is 3.72. The monoisotopic (exact) mass is 299 g/mol. The van der Waals surface area contributed by atoms with Gasteiger partial charge in [-0.25, -0.2) is 4.98 Å². The van der Waals surface area contributed by atoms with Crippen LogP contribution in [0.15, 0.2) is 30.6 Å². The van der Waals surface area contributed by atoms with Gasteiger partial charge in [0.2, 0.25) is 5.95 Å². The minimum Gasteiger partial charge on any atom is -0.404 e. The maximum Gasteiger partial charge on any atom is 0.573 e.